The van der Waals surface area contributed by atoms with Crippen LogP contribution >= 0.6 is 0 Å². The second kappa shape index (κ2) is 8.60. The fourth-order valence-corrected chi connectivity index (χ4v) is 3.26. The first-order valence-electron chi connectivity index (χ1n) is 9.23. The molecule has 3 rings (SSSR count). The lowest BCUT2D eigenvalue weighted by atomic mass is 9.96. The van der Waals surface area contributed by atoms with Crippen LogP contribution in [0.5, 0.6) is 0 Å². The zero-order valence-electron chi connectivity index (χ0n) is 16.0. The van der Waals surface area contributed by atoms with Crippen LogP contribution in [0.3, 0.4) is 0 Å². The molecule has 29 heavy (non-hydrogen) atoms. The maximum atomic E-state index is 12.8. The predicted octanol–water partition coefficient (Wildman–Crippen LogP) is 2.34. The molecular weight excluding hydrogens is 372 g/mol. The fourth-order valence-electron chi connectivity index (χ4n) is 3.26. The summed E-state index contributed by atoms with van der Waals surface area (Å²) in [5, 5.41) is 21.1. The van der Waals surface area contributed by atoms with Gasteiger partial charge in [-0.25, -0.2) is 0 Å². The van der Waals surface area contributed by atoms with E-state index >= 15 is 0 Å². The van der Waals surface area contributed by atoms with Crippen molar-refractivity contribution in [1.82, 2.24) is 10.2 Å². The molecule has 150 valence electrons. The van der Waals surface area contributed by atoms with Gasteiger partial charge in [0.15, 0.2) is 0 Å². The SMILES string of the molecule is C[C@H]1CN(Cc2ccc(-c3ccccc3)cc2)C(=O)C(C(=O)NCC(=O)O)=C1O. The minimum absolute atomic E-state index is 0.265. The van der Waals surface area contributed by atoms with Gasteiger partial charge in [-0.2, -0.15) is 0 Å². The number of rotatable bonds is 6. The average molecular weight is 394 g/mol. The molecule has 1 aliphatic rings. The number of carbonyl (C=O) groups is 3. The highest BCUT2D eigenvalue weighted by atomic mass is 16.4. The summed E-state index contributed by atoms with van der Waals surface area (Å²) in [4.78, 5) is 37.1. The van der Waals surface area contributed by atoms with Gasteiger partial charge in [-0.3, -0.25) is 14.4 Å². The molecule has 0 unspecified atom stereocenters. The van der Waals surface area contributed by atoms with E-state index in [0.717, 1.165) is 16.7 Å². The van der Waals surface area contributed by atoms with E-state index in [9.17, 15) is 19.5 Å². The molecule has 1 heterocycles. The number of nitrogens with one attached hydrogen (secondary N) is 1. The molecule has 0 fully saturated rings. The number of nitrogens with zero attached hydrogens (tertiary/aromatic N) is 1. The zero-order valence-corrected chi connectivity index (χ0v) is 16.0. The van der Waals surface area contributed by atoms with Crippen LogP contribution in [0.2, 0.25) is 0 Å². The molecule has 2 amide bonds. The summed E-state index contributed by atoms with van der Waals surface area (Å²) in [7, 11) is 0. The fraction of sp³-hybridized carbons (Fsp3) is 0.227. The summed E-state index contributed by atoms with van der Waals surface area (Å²) in [5.41, 5.74) is 2.63. The molecule has 0 saturated heterocycles. The van der Waals surface area contributed by atoms with Gasteiger partial charge in [-0.15, -0.1) is 0 Å². The highest BCUT2D eigenvalue weighted by Crippen LogP contribution is 2.25. The molecule has 7 heteroatoms. The molecule has 2 aromatic carbocycles. The summed E-state index contributed by atoms with van der Waals surface area (Å²) in [6.07, 6.45) is 0. The predicted molar refractivity (Wildman–Crippen MR) is 107 cm³/mol. The molecule has 0 bridgehead atoms. The van der Waals surface area contributed by atoms with E-state index in [1.165, 1.54) is 4.90 Å². The van der Waals surface area contributed by atoms with Crippen LogP contribution in [0.25, 0.3) is 11.1 Å². The number of carboxylic acids is 1. The highest BCUT2D eigenvalue weighted by molar-refractivity contribution is 6.19. The third-order valence-electron chi connectivity index (χ3n) is 4.78. The summed E-state index contributed by atoms with van der Waals surface area (Å²) in [6, 6.07) is 17.7. The summed E-state index contributed by atoms with van der Waals surface area (Å²) < 4.78 is 0. The first-order chi connectivity index (χ1) is 13.9. The molecule has 2 aromatic rings. The van der Waals surface area contributed by atoms with Crippen molar-refractivity contribution >= 4 is 17.8 Å². The largest absolute Gasteiger partial charge is 0.511 e. The first kappa shape index (κ1) is 20.1. The summed E-state index contributed by atoms with van der Waals surface area (Å²) in [6.45, 7) is 1.62. The lowest BCUT2D eigenvalue weighted by Gasteiger charge is -2.32. The van der Waals surface area contributed by atoms with E-state index in [0.29, 0.717) is 0 Å². The Labute approximate surface area is 168 Å². The van der Waals surface area contributed by atoms with Gasteiger partial charge in [0.05, 0.1) is 0 Å². The number of benzene rings is 2. The number of amides is 2. The third-order valence-corrected chi connectivity index (χ3v) is 4.78. The number of aliphatic carboxylic acids is 1. The van der Waals surface area contributed by atoms with Crippen molar-refractivity contribution in [2.45, 2.75) is 13.5 Å². The van der Waals surface area contributed by atoms with Crippen molar-refractivity contribution in [3.05, 3.63) is 71.5 Å². The Hall–Kier alpha value is -3.61. The minimum Gasteiger partial charge on any atom is -0.511 e. The van der Waals surface area contributed by atoms with E-state index in [1.54, 1.807) is 6.92 Å². The van der Waals surface area contributed by atoms with Gasteiger partial charge < -0.3 is 20.4 Å². The second-order valence-electron chi connectivity index (χ2n) is 6.99. The first-order valence-corrected chi connectivity index (χ1v) is 9.23. The number of carbonyl (C=O) groups excluding carboxylic acids is 2. The van der Waals surface area contributed by atoms with Gasteiger partial charge in [0.25, 0.3) is 11.8 Å². The van der Waals surface area contributed by atoms with Crippen molar-refractivity contribution in [3.8, 4) is 11.1 Å². The van der Waals surface area contributed by atoms with Crippen LogP contribution < -0.4 is 5.32 Å². The Bertz CT molecular complexity index is 951. The topological polar surface area (TPSA) is 107 Å². The molecular formula is C22H22N2O5. The van der Waals surface area contributed by atoms with Crippen LogP contribution in [0.15, 0.2) is 65.9 Å². The van der Waals surface area contributed by atoms with E-state index in [-0.39, 0.29) is 18.8 Å². The number of hydrogen-bond acceptors (Lipinski definition) is 4. The Morgan fingerprint density at radius 1 is 1.07 bits per heavy atom. The normalized spacial score (nSPS) is 16.7. The average Bonchev–Trinajstić information content (AvgIpc) is 2.72. The Morgan fingerprint density at radius 2 is 1.69 bits per heavy atom. The van der Waals surface area contributed by atoms with Crippen LogP contribution in [0.1, 0.15) is 12.5 Å². The molecule has 0 saturated carbocycles. The lowest BCUT2D eigenvalue weighted by molar-refractivity contribution is -0.139. The monoisotopic (exact) mass is 394 g/mol. The quantitative estimate of drug-likeness (QED) is 0.652. The van der Waals surface area contributed by atoms with E-state index in [2.05, 4.69) is 5.32 Å². The molecule has 7 nitrogen and oxygen atoms in total. The van der Waals surface area contributed by atoms with Gasteiger partial charge in [0.1, 0.15) is 17.9 Å². The molecule has 0 spiro atoms. The summed E-state index contributed by atoms with van der Waals surface area (Å²) in [5.74, 6) is -3.47. The van der Waals surface area contributed by atoms with Crippen molar-refractivity contribution in [3.63, 3.8) is 0 Å². The van der Waals surface area contributed by atoms with Gasteiger partial charge in [0, 0.05) is 19.0 Å². The third kappa shape index (κ3) is 4.63. The molecule has 1 aliphatic heterocycles. The number of aliphatic hydroxyl groups excluding tert-OH is 1. The van der Waals surface area contributed by atoms with E-state index < -0.39 is 35.8 Å². The molecule has 1 atom stereocenters. The molecule has 0 radical (unpaired) electrons. The highest BCUT2D eigenvalue weighted by Gasteiger charge is 2.35. The van der Waals surface area contributed by atoms with Crippen LogP contribution in [-0.4, -0.2) is 46.0 Å². The number of carboxylic acid groups (broad SMARTS) is 1. The Morgan fingerprint density at radius 3 is 2.31 bits per heavy atom. The summed E-state index contributed by atoms with van der Waals surface area (Å²) >= 11 is 0. The number of hydrogen-bond donors (Lipinski definition) is 3. The smallest absolute Gasteiger partial charge is 0.322 e. The van der Waals surface area contributed by atoms with Gasteiger partial charge in [-0.05, 0) is 16.7 Å². The van der Waals surface area contributed by atoms with Gasteiger partial charge >= 0.3 is 5.97 Å². The molecule has 0 aliphatic carbocycles. The van der Waals surface area contributed by atoms with Crippen LogP contribution in [0.4, 0.5) is 0 Å². The van der Waals surface area contributed by atoms with Crippen LogP contribution in [-0.2, 0) is 20.9 Å². The zero-order chi connectivity index (χ0) is 21.0. The minimum atomic E-state index is -1.23. The van der Waals surface area contributed by atoms with Crippen LogP contribution in [0, 0.1) is 5.92 Å². The van der Waals surface area contributed by atoms with Crippen molar-refractivity contribution in [2.75, 3.05) is 13.1 Å². The van der Waals surface area contributed by atoms with E-state index in [1.807, 2.05) is 54.6 Å². The van der Waals surface area contributed by atoms with Crippen molar-refractivity contribution in [1.29, 1.82) is 0 Å². The van der Waals surface area contributed by atoms with Gasteiger partial charge in [0.2, 0.25) is 0 Å². The van der Waals surface area contributed by atoms with E-state index in [4.69, 9.17) is 5.11 Å². The molecule has 0 aromatic heterocycles. The molecule has 3 N–H and O–H groups in total. The standard InChI is InChI=1S/C22H22N2O5/c1-14-12-24(22(29)19(20(14)27)21(28)23-11-18(25)26)13-15-7-9-17(10-8-15)16-5-3-2-4-6-16/h2-10,14,27H,11-13H2,1H3,(H,23,28)(H,25,26)/t14-/m0/s1. The van der Waals surface area contributed by atoms with Gasteiger partial charge in [-0.1, -0.05) is 61.5 Å². The second-order valence-corrected chi connectivity index (χ2v) is 6.99. The maximum absolute atomic E-state index is 12.8. The van der Waals surface area contributed by atoms with Crippen molar-refractivity contribution in [2.24, 2.45) is 5.92 Å². The van der Waals surface area contributed by atoms with Crippen molar-refractivity contribution < 1.29 is 24.6 Å². The Kier molecular flexibility index (Phi) is 5.97. The Balaban J connectivity index is 1.75. The lowest BCUT2D eigenvalue weighted by Crippen LogP contribution is -2.45. The number of aliphatic hydroxyl groups is 1. The maximum Gasteiger partial charge on any atom is 0.322 e.